The number of ether oxygens (including phenoxy) is 1. The summed E-state index contributed by atoms with van der Waals surface area (Å²) in [5.41, 5.74) is 0.975. The normalized spacial score (nSPS) is 20.4. The number of carbonyl (C=O) groups excluding carboxylic acids is 1. The van der Waals surface area contributed by atoms with Crippen molar-refractivity contribution >= 4 is 34.2 Å². The van der Waals surface area contributed by atoms with E-state index in [1.54, 1.807) is 0 Å². The van der Waals surface area contributed by atoms with Crippen LogP contribution in [0.5, 0.6) is 5.75 Å². The maximum Gasteiger partial charge on any atom is 0.229 e. The van der Waals surface area contributed by atoms with E-state index in [1.807, 2.05) is 18.2 Å². The summed E-state index contributed by atoms with van der Waals surface area (Å²) >= 11 is 7.34. The molecule has 27 heavy (non-hydrogen) atoms. The van der Waals surface area contributed by atoms with Crippen molar-refractivity contribution in [2.75, 3.05) is 25.0 Å². The van der Waals surface area contributed by atoms with Crippen molar-refractivity contribution < 1.29 is 9.53 Å². The summed E-state index contributed by atoms with van der Waals surface area (Å²) < 4.78 is 10.2. The summed E-state index contributed by atoms with van der Waals surface area (Å²) in [7, 11) is 0. The predicted octanol–water partition coefficient (Wildman–Crippen LogP) is 3.76. The molecule has 4 rings (SSSR count). The van der Waals surface area contributed by atoms with Gasteiger partial charge in [-0.05, 0) is 62.5 Å². The second kappa shape index (κ2) is 8.54. The van der Waals surface area contributed by atoms with Crippen molar-refractivity contribution in [1.82, 2.24) is 14.3 Å². The Morgan fingerprint density at radius 3 is 3.04 bits per heavy atom. The van der Waals surface area contributed by atoms with Crippen molar-refractivity contribution in [3.63, 3.8) is 0 Å². The molecule has 3 heterocycles. The first-order chi connectivity index (χ1) is 13.2. The maximum atomic E-state index is 12.7. The molecule has 0 spiro atoms. The molecule has 1 saturated heterocycles. The number of hydrogen-bond acceptors (Lipinski definition) is 6. The summed E-state index contributed by atoms with van der Waals surface area (Å²) in [4.78, 5) is 19.6. The number of carbonyl (C=O) groups is 1. The highest BCUT2D eigenvalue weighted by Gasteiger charge is 2.25. The Morgan fingerprint density at radius 2 is 2.19 bits per heavy atom. The second-order valence-corrected chi connectivity index (χ2v) is 8.32. The molecule has 0 saturated carbocycles. The maximum absolute atomic E-state index is 12.7. The van der Waals surface area contributed by atoms with Gasteiger partial charge in [-0.3, -0.25) is 9.69 Å². The lowest BCUT2D eigenvalue weighted by atomic mass is 9.96. The SMILES string of the molecule is O=C(Nc1nc(CN2CCCCC2)ns1)C1CCOc2ccc(Cl)cc2C1. The van der Waals surface area contributed by atoms with Gasteiger partial charge in [-0.15, -0.1) is 0 Å². The third-order valence-electron chi connectivity index (χ3n) is 5.10. The average Bonchev–Trinajstić information content (AvgIpc) is 2.98. The molecule has 1 fully saturated rings. The zero-order valence-corrected chi connectivity index (χ0v) is 16.7. The molecule has 1 atom stereocenters. The molecule has 2 aromatic rings. The number of hydrogen-bond donors (Lipinski definition) is 1. The first-order valence-corrected chi connectivity index (χ1v) is 10.6. The number of nitrogens with one attached hydrogen (secondary N) is 1. The van der Waals surface area contributed by atoms with E-state index in [0.29, 0.717) is 29.6 Å². The Hall–Kier alpha value is -1.70. The summed E-state index contributed by atoms with van der Waals surface area (Å²) in [5.74, 6) is 1.40. The molecule has 1 aromatic carbocycles. The molecule has 1 aromatic heterocycles. The molecule has 144 valence electrons. The van der Waals surface area contributed by atoms with Gasteiger partial charge >= 0.3 is 0 Å². The van der Waals surface area contributed by atoms with Crippen LogP contribution < -0.4 is 10.1 Å². The molecule has 6 nitrogen and oxygen atoms in total. The molecule has 1 unspecified atom stereocenters. The van der Waals surface area contributed by atoms with Gasteiger partial charge in [-0.25, -0.2) is 4.98 Å². The number of rotatable bonds is 4. The third kappa shape index (κ3) is 4.78. The minimum Gasteiger partial charge on any atom is -0.493 e. The van der Waals surface area contributed by atoms with Crippen LogP contribution in [0.2, 0.25) is 5.02 Å². The zero-order chi connectivity index (χ0) is 18.6. The smallest absolute Gasteiger partial charge is 0.229 e. The van der Waals surface area contributed by atoms with Crippen LogP contribution in [0, 0.1) is 5.92 Å². The van der Waals surface area contributed by atoms with Crippen LogP contribution in [0.1, 0.15) is 37.1 Å². The number of fused-ring (bicyclic) bond motifs is 1. The molecule has 2 aliphatic rings. The fraction of sp³-hybridized carbons (Fsp3) is 0.526. The van der Waals surface area contributed by atoms with E-state index in [-0.39, 0.29) is 11.8 Å². The van der Waals surface area contributed by atoms with Crippen molar-refractivity contribution in [3.8, 4) is 5.75 Å². The standard InChI is InChI=1S/C19H23ClN4O2S/c20-15-4-5-16-14(11-15)10-13(6-9-26-16)18(25)22-19-21-17(23-27-19)12-24-7-2-1-3-8-24/h4-5,11,13H,1-3,6-10,12H2,(H,21,22,23,25). The highest BCUT2D eigenvalue weighted by molar-refractivity contribution is 7.09. The number of piperidine rings is 1. The molecule has 1 N–H and O–H groups in total. The van der Waals surface area contributed by atoms with E-state index in [0.717, 1.165) is 36.8 Å². The fourth-order valence-corrected chi connectivity index (χ4v) is 4.42. The number of amides is 1. The molecule has 0 bridgehead atoms. The lowest BCUT2D eigenvalue weighted by molar-refractivity contribution is -0.120. The topological polar surface area (TPSA) is 67.4 Å². The van der Waals surface area contributed by atoms with Gasteiger partial charge in [0.1, 0.15) is 5.75 Å². The fourth-order valence-electron chi connectivity index (χ4n) is 3.64. The molecule has 2 aliphatic heterocycles. The zero-order valence-electron chi connectivity index (χ0n) is 15.1. The average molecular weight is 407 g/mol. The van der Waals surface area contributed by atoms with Crippen LogP contribution in [-0.4, -0.2) is 39.9 Å². The Bertz CT molecular complexity index is 807. The van der Waals surface area contributed by atoms with Crippen LogP contribution in [0.25, 0.3) is 0 Å². The minimum absolute atomic E-state index is 0.0351. The lowest BCUT2D eigenvalue weighted by Crippen LogP contribution is -2.29. The summed E-state index contributed by atoms with van der Waals surface area (Å²) in [6.07, 6.45) is 5.06. The number of benzene rings is 1. The van der Waals surface area contributed by atoms with Gasteiger partial charge in [0, 0.05) is 22.5 Å². The van der Waals surface area contributed by atoms with Crippen LogP contribution in [-0.2, 0) is 17.8 Å². The van der Waals surface area contributed by atoms with Gasteiger partial charge in [0.15, 0.2) is 5.82 Å². The molecular formula is C19H23ClN4O2S. The Morgan fingerprint density at radius 1 is 1.33 bits per heavy atom. The molecule has 1 amide bonds. The van der Waals surface area contributed by atoms with Crippen molar-refractivity contribution in [1.29, 1.82) is 0 Å². The number of anilines is 1. The van der Waals surface area contributed by atoms with Gasteiger partial charge < -0.3 is 10.1 Å². The van der Waals surface area contributed by atoms with Gasteiger partial charge in [0.2, 0.25) is 11.0 Å². The summed E-state index contributed by atoms with van der Waals surface area (Å²) in [6.45, 7) is 3.48. The lowest BCUT2D eigenvalue weighted by Gasteiger charge is -2.24. The number of aromatic nitrogens is 2. The van der Waals surface area contributed by atoms with E-state index in [4.69, 9.17) is 16.3 Å². The van der Waals surface area contributed by atoms with E-state index in [1.165, 1.54) is 30.8 Å². The van der Waals surface area contributed by atoms with Gasteiger partial charge in [-0.1, -0.05) is 18.0 Å². The molecule has 0 radical (unpaired) electrons. The highest BCUT2D eigenvalue weighted by Crippen LogP contribution is 2.30. The quantitative estimate of drug-likeness (QED) is 0.837. The van der Waals surface area contributed by atoms with Gasteiger partial charge in [0.25, 0.3) is 0 Å². The first kappa shape index (κ1) is 18.7. The van der Waals surface area contributed by atoms with E-state index < -0.39 is 0 Å². The first-order valence-electron chi connectivity index (χ1n) is 9.44. The predicted molar refractivity (Wildman–Crippen MR) is 106 cm³/mol. The summed E-state index contributed by atoms with van der Waals surface area (Å²) in [5, 5.41) is 4.17. The Labute approximate surface area is 168 Å². The van der Waals surface area contributed by atoms with E-state index >= 15 is 0 Å². The van der Waals surface area contributed by atoms with Crippen molar-refractivity contribution in [2.24, 2.45) is 5.92 Å². The Balaban J connectivity index is 1.37. The second-order valence-electron chi connectivity index (χ2n) is 7.13. The van der Waals surface area contributed by atoms with Gasteiger partial charge in [0.05, 0.1) is 13.2 Å². The van der Waals surface area contributed by atoms with Crippen molar-refractivity contribution in [3.05, 3.63) is 34.6 Å². The van der Waals surface area contributed by atoms with Crippen molar-refractivity contribution in [2.45, 2.75) is 38.6 Å². The van der Waals surface area contributed by atoms with Crippen LogP contribution >= 0.6 is 23.1 Å². The highest BCUT2D eigenvalue weighted by atomic mass is 35.5. The Kier molecular flexibility index (Phi) is 5.90. The van der Waals surface area contributed by atoms with Crippen LogP contribution in [0.3, 0.4) is 0 Å². The van der Waals surface area contributed by atoms with Crippen LogP contribution in [0.4, 0.5) is 5.13 Å². The van der Waals surface area contributed by atoms with E-state index in [2.05, 4.69) is 19.6 Å². The third-order valence-corrected chi connectivity index (χ3v) is 6.00. The molecule has 8 heteroatoms. The minimum atomic E-state index is -0.167. The van der Waals surface area contributed by atoms with Gasteiger partial charge in [-0.2, -0.15) is 4.37 Å². The number of likely N-dealkylation sites (tertiary alicyclic amines) is 1. The molecule has 0 aliphatic carbocycles. The largest absolute Gasteiger partial charge is 0.493 e. The number of nitrogens with zero attached hydrogens (tertiary/aromatic N) is 3. The monoisotopic (exact) mass is 406 g/mol. The summed E-state index contributed by atoms with van der Waals surface area (Å²) in [6, 6.07) is 5.56. The van der Waals surface area contributed by atoms with E-state index in [9.17, 15) is 4.79 Å². The molecular weight excluding hydrogens is 384 g/mol. The van der Waals surface area contributed by atoms with Crippen LogP contribution in [0.15, 0.2) is 18.2 Å². The number of halogens is 1.